The molecule has 2 N–H and O–H groups in total. The standard InChI is InChI=1S/C11H13NO4S/c1-17(14,15)10(8-16-11(12)13)7-9-5-3-2-4-6-9/h2-7H,8H2,1H3,(H2,12,13)/b10-7+. The molecule has 0 aromatic heterocycles. The molecule has 0 atom stereocenters. The second-order valence-electron chi connectivity index (χ2n) is 3.40. The van der Waals surface area contributed by atoms with E-state index in [1.54, 1.807) is 24.3 Å². The van der Waals surface area contributed by atoms with Gasteiger partial charge in [-0.2, -0.15) is 0 Å². The first-order valence-electron chi connectivity index (χ1n) is 4.77. The van der Waals surface area contributed by atoms with Crippen LogP contribution in [0.4, 0.5) is 4.79 Å². The lowest BCUT2D eigenvalue weighted by atomic mass is 10.2. The smallest absolute Gasteiger partial charge is 0.404 e. The van der Waals surface area contributed by atoms with E-state index in [1.165, 1.54) is 6.08 Å². The van der Waals surface area contributed by atoms with Crippen LogP contribution in [0.3, 0.4) is 0 Å². The third-order valence-electron chi connectivity index (χ3n) is 1.96. The Kier molecular flexibility index (Phi) is 4.28. The Labute approximate surface area is 99.8 Å². The Bertz CT molecular complexity index is 520. The Morgan fingerprint density at radius 1 is 1.35 bits per heavy atom. The lowest BCUT2D eigenvalue weighted by molar-refractivity contribution is 0.168. The highest BCUT2D eigenvalue weighted by atomic mass is 32.2. The average molecular weight is 255 g/mol. The maximum atomic E-state index is 11.4. The predicted octanol–water partition coefficient (Wildman–Crippen LogP) is 1.17. The first kappa shape index (κ1) is 13.2. The van der Waals surface area contributed by atoms with Crippen LogP contribution in [0.5, 0.6) is 0 Å². The van der Waals surface area contributed by atoms with Crippen LogP contribution in [0, 0.1) is 0 Å². The number of rotatable bonds is 4. The fourth-order valence-corrected chi connectivity index (χ4v) is 1.76. The van der Waals surface area contributed by atoms with Crippen molar-refractivity contribution >= 4 is 22.0 Å². The molecule has 0 fully saturated rings. The van der Waals surface area contributed by atoms with Crippen LogP contribution < -0.4 is 5.73 Å². The van der Waals surface area contributed by atoms with E-state index >= 15 is 0 Å². The molecule has 0 saturated carbocycles. The van der Waals surface area contributed by atoms with E-state index in [4.69, 9.17) is 5.73 Å². The molecule has 0 aliphatic rings. The molecule has 5 nitrogen and oxygen atoms in total. The Morgan fingerprint density at radius 2 is 1.94 bits per heavy atom. The van der Waals surface area contributed by atoms with Crippen LogP contribution in [-0.2, 0) is 14.6 Å². The molecule has 1 amide bonds. The number of benzene rings is 1. The van der Waals surface area contributed by atoms with E-state index in [0.717, 1.165) is 6.26 Å². The number of nitrogens with two attached hydrogens (primary N) is 1. The minimum Gasteiger partial charge on any atom is -0.444 e. The van der Waals surface area contributed by atoms with Crippen LogP contribution in [-0.4, -0.2) is 27.4 Å². The van der Waals surface area contributed by atoms with Crippen LogP contribution in [0.15, 0.2) is 35.2 Å². The van der Waals surface area contributed by atoms with Crippen molar-refractivity contribution in [3.8, 4) is 0 Å². The van der Waals surface area contributed by atoms with Gasteiger partial charge in [-0.3, -0.25) is 0 Å². The van der Waals surface area contributed by atoms with E-state index in [-0.39, 0.29) is 11.5 Å². The molecule has 0 heterocycles. The van der Waals surface area contributed by atoms with E-state index < -0.39 is 15.9 Å². The molecule has 0 unspecified atom stereocenters. The Hall–Kier alpha value is -1.82. The fraction of sp³-hybridized carbons (Fsp3) is 0.182. The SMILES string of the molecule is CS(=O)(=O)/C(=C/c1ccccc1)COC(N)=O. The topological polar surface area (TPSA) is 86.5 Å². The second kappa shape index (κ2) is 5.49. The van der Waals surface area contributed by atoms with Gasteiger partial charge in [0.25, 0.3) is 0 Å². The predicted molar refractivity (Wildman–Crippen MR) is 64.8 cm³/mol. The number of hydrogen-bond donors (Lipinski definition) is 1. The molecule has 92 valence electrons. The van der Waals surface area contributed by atoms with Crippen molar-refractivity contribution in [2.45, 2.75) is 0 Å². The highest BCUT2D eigenvalue weighted by Gasteiger charge is 2.13. The van der Waals surface area contributed by atoms with Crippen LogP contribution in [0.25, 0.3) is 6.08 Å². The maximum absolute atomic E-state index is 11.4. The van der Waals surface area contributed by atoms with Crippen molar-refractivity contribution in [2.75, 3.05) is 12.9 Å². The molecule has 0 radical (unpaired) electrons. The number of primary amides is 1. The largest absolute Gasteiger partial charge is 0.444 e. The zero-order valence-electron chi connectivity index (χ0n) is 9.29. The summed E-state index contributed by atoms with van der Waals surface area (Å²) in [6, 6.07) is 8.86. The summed E-state index contributed by atoms with van der Waals surface area (Å²) < 4.78 is 27.4. The molecule has 17 heavy (non-hydrogen) atoms. The number of sulfone groups is 1. The van der Waals surface area contributed by atoms with Gasteiger partial charge in [-0.25, -0.2) is 13.2 Å². The summed E-state index contributed by atoms with van der Waals surface area (Å²) in [7, 11) is -3.43. The third-order valence-corrected chi connectivity index (χ3v) is 3.15. The van der Waals surface area contributed by atoms with Crippen molar-refractivity contribution in [2.24, 2.45) is 5.73 Å². The molecule has 1 aromatic rings. The normalized spacial score (nSPS) is 12.2. The number of carbonyl (C=O) groups excluding carboxylic acids is 1. The Balaban J connectivity index is 2.99. The number of carbonyl (C=O) groups is 1. The zero-order valence-corrected chi connectivity index (χ0v) is 10.1. The van der Waals surface area contributed by atoms with E-state index in [2.05, 4.69) is 4.74 Å². The van der Waals surface area contributed by atoms with Crippen LogP contribution in [0.2, 0.25) is 0 Å². The van der Waals surface area contributed by atoms with Gasteiger partial charge < -0.3 is 10.5 Å². The van der Waals surface area contributed by atoms with Crippen molar-refractivity contribution in [3.05, 3.63) is 40.8 Å². The summed E-state index contributed by atoms with van der Waals surface area (Å²) in [6.45, 7) is -0.358. The van der Waals surface area contributed by atoms with Crippen LogP contribution in [0.1, 0.15) is 5.56 Å². The third kappa shape index (κ3) is 4.69. The van der Waals surface area contributed by atoms with Gasteiger partial charge in [0.2, 0.25) is 0 Å². The zero-order chi connectivity index (χ0) is 12.9. The van der Waals surface area contributed by atoms with Crippen molar-refractivity contribution in [1.82, 2.24) is 0 Å². The number of amides is 1. The first-order valence-corrected chi connectivity index (χ1v) is 6.66. The lowest BCUT2D eigenvalue weighted by Gasteiger charge is -2.05. The molecule has 6 heteroatoms. The average Bonchev–Trinajstić information content (AvgIpc) is 2.23. The van der Waals surface area contributed by atoms with E-state index in [0.29, 0.717) is 5.56 Å². The molecule has 0 spiro atoms. The monoisotopic (exact) mass is 255 g/mol. The van der Waals surface area contributed by atoms with Gasteiger partial charge in [-0.05, 0) is 11.6 Å². The van der Waals surface area contributed by atoms with E-state index in [9.17, 15) is 13.2 Å². The summed E-state index contributed by atoms with van der Waals surface area (Å²) in [6.07, 6.45) is 1.48. The molecule has 0 aliphatic heterocycles. The number of ether oxygens (including phenoxy) is 1. The molecular weight excluding hydrogens is 242 g/mol. The molecule has 0 aliphatic carbocycles. The highest BCUT2D eigenvalue weighted by molar-refractivity contribution is 7.94. The molecular formula is C11H13NO4S. The van der Waals surface area contributed by atoms with E-state index in [1.807, 2.05) is 6.07 Å². The summed E-state index contributed by atoms with van der Waals surface area (Å²) in [5.41, 5.74) is 5.50. The summed E-state index contributed by atoms with van der Waals surface area (Å²) in [5.74, 6) is 0. The molecule has 0 bridgehead atoms. The summed E-state index contributed by atoms with van der Waals surface area (Å²) >= 11 is 0. The van der Waals surface area contributed by atoms with Crippen molar-refractivity contribution < 1.29 is 17.9 Å². The summed E-state index contributed by atoms with van der Waals surface area (Å²) in [5, 5.41) is 0. The maximum Gasteiger partial charge on any atom is 0.404 e. The molecule has 0 saturated heterocycles. The second-order valence-corrected chi connectivity index (χ2v) is 5.47. The van der Waals surface area contributed by atoms with Gasteiger partial charge in [0.1, 0.15) is 6.61 Å². The Morgan fingerprint density at radius 3 is 2.41 bits per heavy atom. The van der Waals surface area contributed by atoms with Gasteiger partial charge >= 0.3 is 6.09 Å². The summed E-state index contributed by atoms with van der Waals surface area (Å²) in [4.78, 5) is 10.5. The minimum absolute atomic E-state index is 0.00231. The molecule has 1 aromatic carbocycles. The van der Waals surface area contributed by atoms with Gasteiger partial charge in [0.05, 0.1) is 4.91 Å². The minimum atomic E-state index is -3.43. The quantitative estimate of drug-likeness (QED) is 0.874. The van der Waals surface area contributed by atoms with Gasteiger partial charge in [-0.15, -0.1) is 0 Å². The highest BCUT2D eigenvalue weighted by Crippen LogP contribution is 2.12. The van der Waals surface area contributed by atoms with Gasteiger partial charge in [-0.1, -0.05) is 30.3 Å². The van der Waals surface area contributed by atoms with Crippen molar-refractivity contribution in [3.63, 3.8) is 0 Å². The van der Waals surface area contributed by atoms with Crippen LogP contribution >= 0.6 is 0 Å². The first-order chi connectivity index (χ1) is 7.89. The molecule has 1 rings (SSSR count). The lowest BCUT2D eigenvalue weighted by Crippen LogP contribution is -2.17. The van der Waals surface area contributed by atoms with Gasteiger partial charge in [0, 0.05) is 6.26 Å². The number of hydrogen-bond acceptors (Lipinski definition) is 4. The van der Waals surface area contributed by atoms with Gasteiger partial charge in [0.15, 0.2) is 9.84 Å². The fourth-order valence-electron chi connectivity index (χ4n) is 1.13. The van der Waals surface area contributed by atoms with Crippen molar-refractivity contribution in [1.29, 1.82) is 0 Å².